The molecule has 1 aromatic heterocycles. The molecule has 1 aromatic carbocycles. The zero-order chi connectivity index (χ0) is 14.7. The molecule has 2 rings (SSSR count). The predicted octanol–water partition coefficient (Wildman–Crippen LogP) is 2.79. The minimum Gasteiger partial charge on any atom is -0.478 e. The lowest BCUT2D eigenvalue weighted by atomic mass is 10.1. The summed E-state index contributed by atoms with van der Waals surface area (Å²) >= 11 is 0. The summed E-state index contributed by atoms with van der Waals surface area (Å²) in [6, 6.07) is 5.51. The summed E-state index contributed by atoms with van der Waals surface area (Å²) in [6.45, 7) is 1.50. The number of carbonyl (C=O) groups is 1. The predicted molar refractivity (Wildman–Crippen MR) is 69.1 cm³/mol. The maximum atomic E-state index is 11.0. The topological polar surface area (TPSA) is 103 Å². The summed E-state index contributed by atoms with van der Waals surface area (Å²) in [5.41, 5.74) is -0.256. The average Bonchev–Trinajstić information content (AvgIpc) is 2.41. The second-order valence-electron chi connectivity index (χ2n) is 3.97. The average molecular weight is 274 g/mol. The van der Waals surface area contributed by atoms with E-state index in [1.807, 2.05) is 0 Å². The first-order valence-electron chi connectivity index (χ1n) is 5.59. The lowest BCUT2D eigenvalue weighted by Crippen LogP contribution is -2.02. The third kappa shape index (κ3) is 2.72. The van der Waals surface area contributed by atoms with Crippen LogP contribution >= 0.6 is 0 Å². The molecule has 0 saturated heterocycles. The number of carboxylic acid groups (broad SMARTS) is 1. The molecule has 0 radical (unpaired) electrons. The molecule has 0 aliphatic carbocycles. The van der Waals surface area contributed by atoms with Gasteiger partial charge in [0, 0.05) is 12.3 Å². The number of benzene rings is 1. The van der Waals surface area contributed by atoms with Gasteiger partial charge in [0.25, 0.3) is 5.69 Å². The van der Waals surface area contributed by atoms with E-state index in [0.29, 0.717) is 5.75 Å². The molecular weight excluding hydrogens is 264 g/mol. The van der Waals surface area contributed by atoms with Gasteiger partial charge in [-0.25, -0.2) is 4.79 Å². The molecule has 0 amide bonds. The number of aromatic nitrogens is 1. The standard InChI is InChI=1S/C13H10N2O5/c1-8-11(15(18)19)5-9(13(16)17)6-12(8)20-10-3-2-4-14-7-10/h2-7H,1H3,(H,16,17). The van der Waals surface area contributed by atoms with E-state index in [1.165, 1.54) is 19.2 Å². The summed E-state index contributed by atoms with van der Waals surface area (Å²) in [4.78, 5) is 25.2. The normalized spacial score (nSPS) is 10.1. The van der Waals surface area contributed by atoms with E-state index in [2.05, 4.69) is 4.98 Å². The van der Waals surface area contributed by atoms with Crippen LogP contribution in [0.25, 0.3) is 0 Å². The second kappa shape index (κ2) is 5.35. The largest absolute Gasteiger partial charge is 0.478 e. The van der Waals surface area contributed by atoms with Crippen LogP contribution in [0.2, 0.25) is 0 Å². The number of nitro groups is 1. The van der Waals surface area contributed by atoms with Gasteiger partial charge in [-0.1, -0.05) is 0 Å². The van der Waals surface area contributed by atoms with Crippen molar-refractivity contribution in [2.75, 3.05) is 0 Å². The van der Waals surface area contributed by atoms with Gasteiger partial charge in [0.05, 0.1) is 22.2 Å². The van der Waals surface area contributed by atoms with E-state index in [0.717, 1.165) is 6.07 Å². The molecule has 0 aliphatic rings. The fourth-order valence-electron chi connectivity index (χ4n) is 1.63. The van der Waals surface area contributed by atoms with Gasteiger partial charge in [-0.2, -0.15) is 0 Å². The molecule has 0 aliphatic heterocycles. The van der Waals surface area contributed by atoms with Crippen molar-refractivity contribution >= 4 is 11.7 Å². The first kappa shape index (κ1) is 13.5. The quantitative estimate of drug-likeness (QED) is 0.679. The maximum Gasteiger partial charge on any atom is 0.336 e. The fourth-order valence-corrected chi connectivity index (χ4v) is 1.63. The zero-order valence-electron chi connectivity index (χ0n) is 10.4. The monoisotopic (exact) mass is 274 g/mol. The van der Waals surface area contributed by atoms with Crippen molar-refractivity contribution in [3.8, 4) is 11.5 Å². The lowest BCUT2D eigenvalue weighted by Gasteiger charge is -2.09. The molecule has 102 valence electrons. The van der Waals surface area contributed by atoms with Gasteiger partial charge < -0.3 is 9.84 Å². The molecule has 1 heterocycles. The molecule has 0 atom stereocenters. The first-order valence-corrected chi connectivity index (χ1v) is 5.59. The molecule has 0 bridgehead atoms. The van der Waals surface area contributed by atoms with Gasteiger partial charge in [-0.05, 0) is 25.1 Å². The zero-order valence-corrected chi connectivity index (χ0v) is 10.4. The summed E-state index contributed by atoms with van der Waals surface area (Å²) in [6.07, 6.45) is 2.98. The number of rotatable bonds is 4. The Hall–Kier alpha value is -2.96. The van der Waals surface area contributed by atoms with Crippen molar-refractivity contribution < 1.29 is 19.6 Å². The molecule has 0 spiro atoms. The van der Waals surface area contributed by atoms with Crippen LogP contribution in [-0.4, -0.2) is 21.0 Å². The number of ether oxygens (including phenoxy) is 1. The van der Waals surface area contributed by atoms with E-state index in [-0.39, 0.29) is 22.6 Å². The molecule has 0 unspecified atom stereocenters. The Balaban J connectivity index is 2.51. The Labute approximate surface area is 113 Å². The van der Waals surface area contributed by atoms with Crippen LogP contribution in [-0.2, 0) is 0 Å². The number of hydrogen-bond acceptors (Lipinski definition) is 5. The Morgan fingerprint density at radius 1 is 1.45 bits per heavy atom. The highest BCUT2D eigenvalue weighted by molar-refractivity contribution is 5.89. The van der Waals surface area contributed by atoms with E-state index in [4.69, 9.17) is 9.84 Å². The van der Waals surface area contributed by atoms with Crippen molar-refractivity contribution in [2.24, 2.45) is 0 Å². The van der Waals surface area contributed by atoms with Crippen LogP contribution in [0, 0.1) is 17.0 Å². The highest BCUT2D eigenvalue weighted by atomic mass is 16.6. The number of pyridine rings is 1. The third-order valence-electron chi connectivity index (χ3n) is 2.64. The van der Waals surface area contributed by atoms with E-state index in [9.17, 15) is 14.9 Å². The maximum absolute atomic E-state index is 11.0. The van der Waals surface area contributed by atoms with Crippen LogP contribution in [0.4, 0.5) is 5.69 Å². The molecule has 2 aromatic rings. The van der Waals surface area contributed by atoms with E-state index >= 15 is 0 Å². The molecule has 7 nitrogen and oxygen atoms in total. The van der Waals surface area contributed by atoms with Crippen LogP contribution in [0.5, 0.6) is 11.5 Å². The number of carboxylic acids is 1. The molecular formula is C13H10N2O5. The third-order valence-corrected chi connectivity index (χ3v) is 2.64. The molecule has 0 fully saturated rings. The fraction of sp³-hybridized carbons (Fsp3) is 0.0769. The summed E-state index contributed by atoms with van der Waals surface area (Å²) in [5, 5.41) is 19.9. The Morgan fingerprint density at radius 2 is 2.20 bits per heavy atom. The van der Waals surface area contributed by atoms with Gasteiger partial charge >= 0.3 is 5.97 Å². The first-order chi connectivity index (χ1) is 9.49. The van der Waals surface area contributed by atoms with Crippen LogP contribution in [0.1, 0.15) is 15.9 Å². The van der Waals surface area contributed by atoms with Crippen molar-refractivity contribution in [3.63, 3.8) is 0 Å². The van der Waals surface area contributed by atoms with Crippen molar-refractivity contribution in [1.82, 2.24) is 4.98 Å². The van der Waals surface area contributed by atoms with Crippen LogP contribution in [0.15, 0.2) is 36.7 Å². The highest BCUT2D eigenvalue weighted by Gasteiger charge is 2.20. The molecule has 0 saturated carbocycles. The summed E-state index contributed by atoms with van der Waals surface area (Å²) < 4.78 is 5.46. The number of hydrogen-bond donors (Lipinski definition) is 1. The Kier molecular flexibility index (Phi) is 3.60. The van der Waals surface area contributed by atoms with E-state index in [1.54, 1.807) is 18.3 Å². The lowest BCUT2D eigenvalue weighted by molar-refractivity contribution is -0.385. The van der Waals surface area contributed by atoms with Gasteiger partial charge in [0.15, 0.2) is 0 Å². The smallest absolute Gasteiger partial charge is 0.336 e. The van der Waals surface area contributed by atoms with Crippen LogP contribution in [0.3, 0.4) is 0 Å². The van der Waals surface area contributed by atoms with Gasteiger partial charge in [0.2, 0.25) is 0 Å². The summed E-state index contributed by atoms with van der Waals surface area (Å²) in [7, 11) is 0. The minimum atomic E-state index is -1.26. The number of nitrogens with zero attached hydrogens (tertiary/aromatic N) is 2. The van der Waals surface area contributed by atoms with Gasteiger partial charge in [-0.15, -0.1) is 0 Å². The van der Waals surface area contributed by atoms with Gasteiger partial charge in [-0.3, -0.25) is 15.1 Å². The summed E-state index contributed by atoms with van der Waals surface area (Å²) in [5.74, 6) is -0.777. The second-order valence-corrected chi connectivity index (χ2v) is 3.97. The SMILES string of the molecule is Cc1c(Oc2cccnc2)cc(C(=O)O)cc1[N+](=O)[O-]. The number of nitro benzene ring substituents is 1. The van der Waals surface area contributed by atoms with Crippen molar-refractivity contribution in [1.29, 1.82) is 0 Å². The Bertz CT molecular complexity index is 670. The highest BCUT2D eigenvalue weighted by Crippen LogP contribution is 2.32. The molecule has 1 N–H and O–H groups in total. The van der Waals surface area contributed by atoms with Gasteiger partial charge in [0.1, 0.15) is 11.5 Å². The molecule has 7 heteroatoms. The van der Waals surface area contributed by atoms with Crippen molar-refractivity contribution in [3.05, 3.63) is 57.9 Å². The van der Waals surface area contributed by atoms with Crippen LogP contribution < -0.4 is 4.74 Å². The minimum absolute atomic E-state index is 0.115. The Morgan fingerprint density at radius 3 is 2.75 bits per heavy atom. The van der Waals surface area contributed by atoms with E-state index < -0.39 is 10.9 Å². The molecule has 20 heavy (non-hydrogen) atoms. The number of aromatic carboxylic acids is 1. The van der Waals surface area contributed by atoms with Crippen molar-refractivity contribution in [2.45, 2.75) is 6.92 Å².